The summed E-state index contributed by atoms with van der Waals surface area (Å²) < 4.78 is 34.3. The highest BCUT2D eigenvalue weighted by atomic mass is 31.2. The van der Waals surface area contributed by atoms with Crippen LogP contribution in [0.5, 0.6) is 0 Å². The van der Waals surface area contributed by atoms with Gasteiger partial charge in [-0.05, 0) is 64.2 Å². The van der Waals surface area contributed by atoms with E-state index in [1.165, 1.54) is 135 Å². The van der Waals surface area contributed by atoms with Crippen molar-refractivity contribution < 1.29 is 42.1 Å². The van der Waals surface area contributed by atoms with Crippen LogP contribution in [0.1, 0.15) is 206 Å². The highest BCUT2D eigenvalue weighted by molar-refractivity contribution is 7.47. The molecule has 0 aliphatic rings. The van der Waals surface area contributed by atoms with Gasteiger partial charge in [0.2, 0.25) is 0 Å². The lowest BCUT2D eigenvalue weighted by Gasteiger charge is -2.24. The highest BCUT2D eigenvalue weighted by Crippen LogP contribution is 2.43. The Labute approximate surface area is 345 Å². The Morgan fingerprint density at radius 2 is 0.911 bits per heavy atom. The lowest BCUT2D eigenvalue weighted by molar-refractivity contribution is -0.870. The van der Waals surface area contributed by atoms with Crippen molar-refractivity contribution in [2.24, 2.45) is 0 Å². The van der Waals surface area contributed by atoms with Crippen molar-refractivity contribution in [1.29, 1.82) is 0 Å². The third kappa shape index (κ3) is 42.1. The number of nitrogens with zero attached hydrogens (tertiary/aromatic N) is 1. The summed E-state index contributed by atoms with van der Waals surface area (Å²) in [5.41, 5.74) is 0. The van der Waals surface area contributed by atoms with Gasteiger partial charge in [-0.15, -0.1) is 0 Å². The molecule has 330 valence electrons. The molecule has 0 aliphatic heterocycles. The normalized spacial score (nSPS) is 13.8. The molecule has 0 aromatic carbocycles. The summed E-state index contributed by atoms with van der Waals surface area (Å²) in [6.07, 6.45) is 42.1. The van der Waals surface area contributed by atoms with Crippen molar-refractivity contribution in [2.45, 2.75) is 213 Å². The smallest absolute Gasteiger partial charge is 0.462 e. The summed E-state index contributed by atoms with van der Waals surface area (Å²) in [6, 6.07) is 0. The molecule has 0 aromatic heterocycles. The minimum Gasteiger partial charge on any atom is -0.462 e. The molecule has 10 heteroatoms. The fourth-order valence-corrected chi connectivity index (χ4v) is 7.04. The first-order valence-corrected chi connectivity index (χ1v) is 24.6. The van der Waals surface area contributed by atoms with Gasteiger partial charge in [-0.3, -0.25) is 18.6 Å². The van der Waals surface area contributed by atoms with Crippen LogP contribution < -0.4 is 0 Å². The lowest BCUT2D eigenvalue weighted by Crippen LogP contribution is -2.37. The van der Waals surface area contributed by atoms with E-state index in [-0.39, 0.29) is 32.0 Å². The molecular weight excluding hydrogens is 725 g/mol. The third-order valence-corrected chi connectivity index (χ3v) is 10.9. The Hall–Kier alpha value is -1.51. The average molecular weight is 815 g/mol. The number of quaternary nitrogens is 1. The van der Waals surface area contributed by atoms with Crippen LogP contribution in [0.4, 0.5) is 0 Å². The number of carbonyl (C=O) groups is 2. The first-order valence-electron chi connectivity index (χ1n) is 23.1. The number of phosphoric acid groups is 1. The predicted octanol–water partition coefficient (Wildman–Crippen LogP) is 13.1. The molecular formula is C46H89NO8P+. The molecule has 0 amide bonds. The minimum absolute atomic E-state index is 0.0320. The number of esters is 2. The van der Waals surface area contributed by atoms with Gasteiger partial charge in [0.1, 0.15) is 19.8 Å². The number of hydrogen-bond acceptors (Lipinski definition) is 7. The number of phosphoric ester groups is 1. The summed E-state index contributed by atoms with van der Waals surface area (Å²) in [5, 5.41) is 0. The molecule has 0 saturated carbocycles. The molecule has 1 N–H and O–H groups in total. The Bertz CT molecular complexity index is 1010. The van der Waals surface area contributed by atoms with Crippen LogP contribution >= 0.6 is 7.82 Å². The monoisotopic (exact) mass is 815 g/mol. The molecule has 0 bridgehead atoms. The van der Waals surface area contributed by atoms with Crippen molar-refractivity contribution in [1.82, 2.24) is 0 Å². The van der Waals surface area contributed by atoms with E-state index < -0.39 is 26.5 Å². The molecule has 0 spiro atoms. The quantitative estimate of drug-likeness (QED) is 0.0213. The standard InChI is InChI=1S/C46H88NO8P/c1-6-8-10-12-14-16-18-20-22-23-25-27-29-31-33-35-37-39-46(49)55-44(43-54-56(50,51)53-41-40-47(3,4)5)42-52-45(48)38-36-34-32-30-28-26-24-21-19-17-15-13-11-9-7-2/h16-19,44H,6-15,20-43H2,1-5H3/p+1/b18-16-,19-17-/t44-/m1/s1. The minimum atomic E-state index is -4.37. The zero-order valence-electron chi connectivity index (χ0n) is 37.1. The zero-order valence-corrected chi connectivity index (χ0v) is 38.0. The van der Waals surface area contributed by atoms with E-state index in [1.54, 1.807) is 0 Å². The maximum atomic E-state index is 12.7. The van der Waals surface area contributed by atoms with E-state index in [0.29, 0.717) is 17.4 Å². The van der Waals surface area contributed by atoms with Gasteiger partial charge in [-0.1, -0.05) is 154 Å². The van der Waals surface area contributed by atoms with Crippen molar-refractivity contribution in [3.63, 3.8) is 0 Å². The second kappa shape index (κ2) is 39.0. The fourth-order valence-electron chi connectivity index (χ4n) is 6.30. The maximum Gasteiger partial charge on any atom is 0.472 e. The SMILES string of the molecule is CCCCCC/C=C\CCCCCCCCCCCC(=O)O[C@H](COC(=O)CCCCCCCCC/C=C\CCCCCC)COP(=O)(O)OCC[N+](C)(C)C. The van der Waals surface area contributed by atoms with Gasteiger partial charge in [0, 0.05) is 12.8 Å². The molecule has 0 aromatic rings. The topological polar surface area (TPSA) is 108 Å². The van der Waals surface area contributed by atoms with E-state index in [2.05, 4.69) is 38.2 Å². The summed E-state index contributed by atoms with van der Waals surface area (Å²) in [7, 11) is 1.48. The highest BCUT2D eigenvalue weighted by Gasteiger charge is 2.27. The Morgan fingerprint density at radius 1 is 0.536 bits per heavy atom. The van der Waals surface area contributed by atoms with Gasteiger partial charge in [0.15, 0.2) is 6.10 Å². The molecule has 56 heavy (non-hydrogen) atoms. The largest absolute Gasteiger partial charge is 0.472 e. The van der Waals surface area contributed by atoms with Gasteiger partial charge in [0.05, 0.1) is 27.7 Å². The fraction of sp³-hybridized carbons (Fsp3) is 0.870. The molecule has 9 nitrogen and oxygen atoms in total. The van der Waals surface area contributed by atoms with Crippen LogP contribution in [0.3, 0.4) is 0 Å². The Balaban J connectivity index is 4.32. The number of likely N-dealkylation sites (N-methyl/N-ethyl adjacent to an activating group) is 1. The summed E-state index contributed by atoms with van der Waals surface area (Å²) in [5.74, 6) is -0.800. The molecule has 0 heterocycles. The molecule has 0 aliphatic carbocycles. The molecule has 0 fully saturated rings. The molecule has 2 atom stereocenters. The summed E-state index contributed by atoms with van der Waals surface area (Å²) in [4.78, 5) is 35.4. The summed E-state index contributed by atoms with van der Waals surface area (Å²) in [6.45, 7) is 4.41. The van der Waals surface area contributed by atoms with Crippen molar-refractivity contribution >= 4 is 19.8 Å². The Morgan fingerprint density at radius 3 is 1.32 bits per heavy atom. The summed E-state index contributed by atoms with van der Waals surface area (Å²) >= 11 is 0. The number of hydrogen-bond donors (Lipinski definition) is 1. The number of allylic oxidation sites excluding steroid dienone is 4. The van der Waals surface area contributed by atoms with E-state index in [0.717, 1.165) is 38.5 Å². The third-order valence-electron chi connectivity index (χ3n) is 9.95. The number of unbranched alkanes of at least 4 members (excludes halogenated alkanes) is 24. The van der Waals surface area contributed by atoms with E-state index in [4.69, 9.17) is 18.5 Å². The van der Waals surface area contributed by atoms with Crippen LogP contribution in [0, 0.1) is 0 Å². The lowest BCUT2D eigenvalue weighted by atomic mass is 10.1. The van der Waals surface area contributed by atoms with E-state index in [9.17, 15) is 19.0 Å². The van der Waals surface area contributed by atoms with E-state index in [1.807, 2.05) is 21.1 Å². The van der Waals surface area contributed by atoms with Gasteiger partial charge in [-0.2, -0.15) is 0 Å². The Kier molecular flexibility index (Phi) is 37.9. The first kappa shape index (κ1) is 54.5. The maximum absolute atomic E-state index is 12.7. The van der Waals surface area contributed by atoms with Crippen molar-refractivity contribution in [3.8, 4) is 0 Å². The van der Waals surface area contributed by atoms with Gasteiger partial charge >= 0.3 is 19.8 Å². The predicted molar refractivity (Wildman–Crippen MR) is 234 cm³/mol. The number of rotatable bonds is 42. The average Bonchev–Trinajstić information content (AvgIpc) is 3.15. The molecule has 0 rings (SSSR count). The molecule has 0 saturated heterocycles. The van der Waals surface area contributed by atoms with Crippen molar-refractivity contribution in [3.05, 3.63) is 24.3 Å². The van der Waals surface area contributed by atoms with Gasteiger partial charge in [0.25, 0.3) is 0 Å². The van der Waals surface area contributed by atoms with Gasteiger partial charge < -0.3 is 18.9 Å². The van der Waals surface area contributed by atoms with Crippen LogP contribution in [-0.4, -0.2) is 74.9 Å². The zero-order chi connectivity index (χ0) is 41.4. The molecule has 1 unspecified atom stereocenters. The second-order valence-electron chi connectivity index (χ2n) is 16.8. The van der Waals surface area contributed by atoms with E-state index >= 15 is 0 Å². The van der Waals surface area contributed by atoms with Crippen LogP contribution in [0.15, 0.2) is 24.3 Å². The number of carbonyl (C=O) groups excluding carboxylic acids is 2. The van der Waals surface area contributed by atoms with Crippen molar-refractivity contribution in [2.75, 3.05) is 47.5 Å². The van der Waals surface area contributed by atoms with Crippen LogP contribution in [-0.2, 0) is 32.7 Å². The van der Waals surface area contributed by atoms with Crippen LogP contribution in [0.2, 0.25) is 0 Å². The van der Waals surface area contributed by atoms with Gasteiger partial charge in [-0.25, -0.2) is 4.57 Å². The second-order valence-corrected chi connectivity index (χ2v) is 18.2. The molecule has 0 radical (unpaired) electrons. The number of ether oxygens (including phenoxy) is 2. The van der Waals surface area contributed by atoms with Crippen LogP contribution in [0.25, 0.3) is 0 Å². The first-order chi connectivity index (χ1) is 27.0.